The van der Waals surface area contributed by atoms with Crippen molar-refractivity contribution in [1.82, 2.24) is 15.1 Å². The van der Waals surface area contributed by atoms with E-state index < -0.39 is 18.3 Å². The van der Waals surface area contributed by atoms with Crippen LogP contribution in [0.1, 0.15) is 6.42 Å². The van der Waals surface area contributed by atoms with E-state index in [1.807, 2.05) is 4.90 Å². The largest absolute Gasteiger partial charge is 0.408 e. The summed E-state index contributed by atoms with van der Waals surface area (Å²) in [6.45, 7) is 1.68. The van der Waals surface area contributed by atoms with Gasteiger partial charge in [-0.3, -0.25) is 4.79 Å². The maximum Gasteiger partial charge on any atom is 0.408 e. The lowest BCUT2D eigenvalue weighted by molar-refractivity contribution is -0.143. The topological polar surface area (TPSA) is 50.2 Å². The second-order valence-electron chi connectivity index (χ2n) is 4.51. The molecule has 1 aromatic heterocycles. The van der Waals surface area contributed by atoms with Gasteiger partial charge in [-0.25, -0.2) is 4.68 Å². The summed E-state index contributed by atoms with van der Waals surface area (Å²) in [6.07, 6.45) is -2.26. The minimum atomic E-state index is -4.47. The van der Waals surface area contributed by atoms with Crippen molar-refractivity contribution < 1.29 is 13.2 Å². The molecule has 1 aliphatic rings. The van der Waals surface area contributed by atoms with Gasteiger partial charge >= 0.3 is 6.18 Å². The highest BCUT2D eigenvalue weighted by Crippen LogP contribution is 2.23. The fourth-order valence-electron chi connectivity index (χ4n) is 2.05. The van der Waals surface area contributed by atoms with Crippen molar-refractivity contribution in [2.24, 2.45) is 0 Å². The van der Waals surface area contributed by atoms with E-state index in [9.17, 15) is 18.0 Å². The van der Waals surface area contributed by atoms with Crippen LogP contribution in [-0.2, 0) is 6.54 Å². The summed E-state index contributed by atoms with van der Waals surface area (Å²) in [5.74, 6) is 0. The van der Waals surface area contributed by atoms with Gasteiger partial charge in [-0.1, -0.05) is 0 Å². The first-order valence-corrected chi connectivity index (χ1v) is 6.96. The Morgan fingerprint density at radius 3 is 2.80 bits per heavy atom. The SMILES string of the molecule is O=c1c(Br)c(N2CCCNCC2)cnn1CC(F)(F)F. The molecular formula is C11H14BrF3N4O. The third kappa shape index (κ3) is 3.72. The average molecular weight is 355 g/mol. The van der Waals surface area contributed by atoms with E-state index in [4.69, 9.17) is 0 Å². The molecule has 2 heterocycles. The quantitative estimate of drug-likeness (QED) is 0.871. The molecule has 0 aromatic carbocycles. The van der Waals surface area contributed by atoms with Gasteiger partial charge in [0.25, 0.3) is 5.56 Å². The molecule has 0 atom stereocenters. The molecular weight excluding hydrogens is 341 g/mol. The number of nitrogens with zero attached hydrogens (tertiary/aromatic N) is 3. The first-order valence-electron chi connectivity index (χ1n) is 6.16. The van der Waals surface area contributed by atoms with E-state index in [2.05, 4.69) is 26.3 Å². The highest BCUT2D eigenvalue weighted by molar-refractivity contribution is 9.10. The van der Waals surface area contributed by atoms with Crippen LogP contribution in [0.4, 0.5) is 18.9 Å². The van der Waals surface area contributed by atoms with E-state index in [0.717, 1.165) is 26.1 Å². The molecule has 0 spiro atoms. The second kappa shape index (κ2) is 6.13. The Kier molecular flexibility index (Phi) is 4.69. The van der Waals surface area contributed by atoms with Gasteiger partial charge in [0, 0.05) is 19.6 Å². The van der Waals surface area contributed by atoms with E-state index in [1.54, 1.807) is 0 Å². The fourth-order valence-corrected chi connectivity index (χ4v) is 2.60. The lowest BCUT2D eigenvalue weighted by atomic mass is 10.3. The van der Waals surface area contributed by atoms with Gasteiger partial charge in [0.1, 0.15) is 11.0 Å². The fraction of sp³-hybridized carbons (Fsp3) is 0.636. The van der Waals surface area contributed by atoms with Gasteiger partial charge in [0.05, 0.1) is 11.9 Å². The number of alkyl halides is 3. The molecule has 0 bridgehead atoms. The van der Waals surface area contributed by atoms with Gasteiger partial charge < -0.3 is 10.2 Å². The zero-order valence-electron chi connectivity index (χ0n) is 10.6. The summed E-state index contributed by atoms with van der Waals surface area (Å²) in [5.41, 5.74) is -0.228. The Morgan fingerprint density at radius 2 is 2.10 bits per heavy atom. The zero-order valence-corrected chi connectivity index (χ0v) is 12.2. The van der Waals surface area contributed by atoms with Crippen LogP contribution in [0.5, 0.6) is 0 Å². The van der Waals surface area contributed by atoms with Gasteiger partial charge in [-0.2, -0.15) is 18.3 Å². The molecule has 0 radical (unpaired) electrons. The maximum atomic E-state index is 12.3. The summed E-state index contributed by atoms with van der Waals surface area (Å²) in [7, 11) is 0. The van der Waals surface area contributed by atoms with Crippen LogP contribution in [0.25, 0.3) is 0 Å². The number of hydrogen-bond donors (Lipinski definition) is 1. The predicted octanol–water partition coefficient (Wildman–Crippen LogP) is 1.37. The molecule has 20 heavy (non-hydrogen) atoms. The number of rotatable bonds is 2. The molecule has 1 N–H and O–H groups in total. The Morgan fingerprint density at radius 1 is 1.35 bits per heavy atom. The molecule has 0 unspecified atom stereocenters. The first kappa shape index (κ1) is 15.3. The molecule has 5 nitrogen and oxygen atoms in total. The minimum absolute atomic E-state index is 0.124. The Labute approximate surface area is 121 Å². The average Bonchev–Trinajstić information content (AvgIpc) is 2.62. The highest BCUT2D eigenvalue weighted by atomic mass is 79.9. The smallest absolute Gasteiger partial charge is 0.368 e. The molecule has 1 aromatic rings. The Bertz CT molecular complexity index is 523. The molecule has 9 heteroatoms. The summed E-state index contributed by atoms with van der Waals surface area (Å²) in [5, 5.41) is 6.84. The van der Waals surface area contributed by atoms with Gasteiger partial charge in [-0.15, -0.1) is 0 Å². The van der Waals surface area contributed by atoms with Crippen molar-refractivity contribution in [2.75, 3.05) is 31.1 Å². The predicted molar refractivity (Wildman–Crippen MR) is 72.0 cm³/mol. The lowest BCUT2D eigenvalue weighted by Gasteiger charge is -2.23. The first-order chi connectivity index (χ1) is 9.38. The highest BCUT2D eigenvalue weighted by Gasteiger charge is 2.30. The number of nitrogens with one attached hydrogen (secondary N) is 1. The van der Waals surface area contributed by atoms with Crippen LogP contribution in [0.3, 0.4) is 0 Å². The molecule has 1 fully saturated rings. The van der Waals surface area contributed by atoms with Gasteiger partial charge in [0.2, 0.25) is 0 Å². The normalized spacial score (nSPS) is 17.1. The maximum absolute atomic E-state index is 12.3. The van der Waals surface area contributed by atoms with Crippen molar-refractivity contribution in [3.8, 4) is 0 Å². The van der Waals surface area contributed by atoms with E-state index >= 15 is 0 Å². The Balaban J connectivity index is 2.28. The third-order valence-electron chi connectivity index (χ3n) is 2.98. The lowest BCUT2D eigenvalue weighted by Crippen LogP contribution is -2.34. The summed E-state index contributed by atoms with van der Waals surface area (Å²) >= 11 is 3.10. The van der Waals surface area contributed by atoms with Crippen LogP contribution in [0.2, 0.25) is 0 Å². The van der Waals surface area contributed by atoms with Gasteiger partial charge in [0.15, 0.2) is 0 Å². The molecule has 2 rings (SSSR count). The van der Waals surface area contributed by atoms with Crippen LogP contribution in [0, 0.1) is 0 Å². The van der Waals surface area contributed by atoms with Gasteiger partial charge in [-0.05, 0) is 28.9 Å². The van der Waals surface area contributed by atoms with E-state index in [0.29, 0.717) is 16.9 Å². The summed E-state index contributed by atoms with van der Waals surface area (Å²) in [6, 6.07) is 0. The molecule has 0 amide bonds. The monoisotopic (exact) mass is 354 g/mol. The zero-order chi connectivity index (χ0) is 14.8. The summed E-state index contributed by atoms with van der Waals surface area (Å²) < 4.78 is 37.5. The van der Waals surface area contributed by atoms with E-state index in [1.165, 1.54) is 6.20 Å². The molecule has 1 aliphatic heterocycles. The van der Waals surface area contributed by atoms with Crippen LogP contribution < -0.4 is 15.8 Å². The van der Waals surface area contributed by atoms with Crippen molar-refractivity contribution >= 4 is 21.6 Å². The molecule has 0 saturated carbocycles. The van der Waals surface area contributed by atoms with E-state index in [-0.39, 0.29) is 4.47 Å². The van der Waals surface area contributed by atoms with Crippen molar-refractivity contribution in [1.29, 1.82) is 0 Å². The van der Waals surface area contributed by atoms with Crippen molar-refractivity contribution in [3.63, 3.8) is 0 Å². The van der Waals surface area contributed by atoms with Crippen LogP contribution in [-0.4, -0.2) is 42.1 Å². The number of aromatic nitrogens is 2. The molecule has 112 valence electrons. The number of anilines is 1. The Hall–Kier alpha value is -1.09. The third-order valence-corrected chi connectivity index (χ3v) is 3.72. The second-order valence-corrected chi connectivity index (χ2v) is 5.31. The minimum Gasteiger partial charge on any atom is -0.368 e. The molecule has 0 aliphatic carbocycles. The van der Waals surface area contributed by atoms with Crippen molar-refractivity contribution in [3.05, 3.63) is 21.0 Å². The number of halogens is 4. The van der Waals surface area contributed by atoms with Crippen LogP contribution >= 0.6 is 15.9 Å². The van der Waals surface area contributed by atoms with Crippen molar-refractivity contribution in [2.45, 2.75) is 19.1 Å². The van der Waals surface area contributed by atoms with Crippen LogP contribution in [0.15, 0.2) is 15.5 Å². The summed E-state index contributed by atoms with van der Waals surface area (Å²) in [4.78, 5) is 13.8. The molecule has 1 saturated heterocycles. The number of hydrogen-bond acceptors (Lipinski definition) is 4. The standard InChI is InChI=1S/C11H14BrF3N4O/c12-9-8(18-4-1-2-16-3-5-18)6-17-19(10(9)20)7-11(13,14)15/h6,16H,1-5,7H2.